The molecule has 0 fully saturated rings. The molecule has 1 N–H and O–H groups in total. The SMILES string of the molecule is CCCNC(CC(C)COC)c1ccccc1Cl. The summed E-state index contributed by atoms with van der Waals surface area (Å²) in [5.74, 6) is 0.514. The highest BCUT2D eigenvalue weighted by Gasteiger charge is 2.16. The predicted molar refractivity (Wildman–Crippen MR) is 78.1 cm³/mol. The molecule has 1 aromatic rings. The Bertz CT molecular complexity index is 343. The van der Waals surface area contributed by atoms with Crippen molar-refractivity contribution in [3.63, 3.8) is 0 Å². The average molecular weight is 270 g/mol. The summed E-state index contributed by atoms with van der Waals surface area (Å²) >= 11 is 6.29. The summed E-state index contributed by atoms with van der Waals surface area (Å²) in [7, 11) is 1.75. The summed E-state index contributed by atoms with van der Waals surface area (Å²) in [6.45, 7) is 6.18. The Morgan fingerprint density at radius 2 is 2.06 bits per heavy atom. The normalized spacial score (nSPS) is 14.4. The molecule has 0 radical (unpaired) electrons. The van der Waals surface area contributed by atoms with Gasteiger partial charge in [-0.25, -0.2) is 0 Å². The summed E-state index contributed by atoms with van der Waals surface area (Å²) in [6, 6.07) is 8.39. The Morgan fingerprint density at radius 3 is 2.67 bits per heavy atom. The van der Waals surface area contributed by atoms with Crippen molar-refractivity contribution in [3.05, 3.63) is 34.9 Å². The van der Waals surface area contributed by atoms with Crippen LogP contribution in [0, 0.1) is 5.92 Å². The van der Waals surface area contributed by atoms with E-state index in [1.165, 1.54) is 5.56 Å². The van der Waals surface area contributed by atoms with Gasteiger partial charge in [-0.05, 0) is 36.9 Å². The minimum Gasteiger partial charge on any atom is -0.384 e. The van der Waals surface area contributed by atoms with E-state index in [4.69, 9.17) is 16.3 Å². The fourth-order valence-corrected chi connectivity index (χ4v) is 2.42. The molecule has 2 unspecified atom stereocenters. The molecule has 0 amide bonds. The number of ether oxygens (including phenoxy) is 1. The number of benzene rings is 1. The quantitative estimate of drug-likeness (QED) is 0.769. The van der Waals surface area contributed by atoms with Gasteiger partial charge in [-0.2, -0.15) is 0 Å². The maximum absolute atomic E-state index is 6.29. The smallest absolute Gasteiger partial charge is 0.0488 e. The zero-order valence-corrected chi connectivity index (χ0v) is 12.3. The van der Waals surface area contributed by atoms with E-state index in [-0.39, 0.29) is 0 Å². The predicted octanol–water partition coefficient (Wildman–Crippen LogP) is 4.05. The number of rotatable bonds is 8. The van der Waals surface area contributed by atoms with Crippen molar-refractivity contribution in [2.24, 2.45) is 5.92 Å². The Morgan fingerprint density at radius 1 is 1.33 bits per heavy atom. The van der Waals surface area contributed by atoms with Gasteiger partial charge in [0, 0.05) is 24.8 Å². The molecular weight excluding hydrogens is 246 g/mol. The molecule has 0 spiro atoms. The molecule has 0 heterocycles. The number of hydrogen-bond donors (Lipinski definition) is 1. The van der Waals surface area contributed by atoms with Gasteiger partial charge in [0.05, 0.1) is 0 Å². The molecule has 18 heavy (non-hydrogen) atoms. The van der Waals surface area contributed by atoms with Gasteiger partial charge < -0.3 is 10.1 Å². The van der Waals surface area contributed by atoms with E-state index in [0.29, 0.717) is 12.0 Å². The van der Waals surface area contributed by atoms with E-state index < -0.39 is 0 Å². The van der Waals surface area contributed by atoms with Crippen LogP contribution in [-0.4, -0.2) is 20.3 Å². The molecule has 0 saturated heterocycles. The highest BCUT2D eigenvalue weighted by atomic mass is 35.5. The first-order valence-electron chi connectivity index (χ1n) is 6.65. The number of halogens is 1. The molecule has 1 aromatic carbocycles. The van der Waals surface area contributed by atoms with Crippen LogP contribution in [0.1, 0.15) is 38.3 Å². The van der Waals surface area contributed by atoms with Crippen LogP contribution < -0.4 is 5.32 Å². The van der Waals surface area contributed by atoms with Crippen molar-refractivity contribution < 1.29 is 4.74 Å². The summed E-state index contributed by atoms with van der Waals surface area (Å²) in [5.41, 5.74) is 1.19. The highest BCUT2D eigenvalue weighted by Crippen LogP contribution is 2.27. The lowest BCUT2D eigenvalue weighted by molar-refractivity contribution is 0.149. The second-order valence-corrected chi connectivity index (χ2v) is 5.23. The van der Waals surface area contributed by atoms with Crippen LogP contribution in [0.15, 0.2) is 24.3 Å². The molecule has 102 valence electrons. The lowest BCUT2D eigenvalue weighted by Gasteiger charge is -2.23. The lowest BCUT2D eigenvalue weighted by atomic mass is 9.96. The van der Waals surface area contributed by atoms with E-state index in [2.05, 4.69) is 25.2 Å². The molecule has 0 aromatic heterocycles. The second kappa shape index (κ2) is 8.52. The Kier molecular flexibility index (Phi) is 7.33. The van der Waals surface area contributed by atoms with Crippen molar-refractivity contribution in [2.45, 2.75) is 32.7 Å². The van der Waals surface area contributed by atoms with Crippen molar-refractivity contribution in [2.75, 3.05) is 20.3 Å². The fourth-order valence-electron chi connectivity index (χ4n) is 2.15. The maximum atomic E-state index is 6.29. The van der Waals surface area contributed by atoms with E-state index in [1.807, 2.05) is 18.2 Å². The van der Waals surface area contributed by atoms with Gasteiger partial charge in [-0.3, -0.25) is 0 Å². The molecule has 0 saturated carbocycles. The van der Waals surface area contributed by atoms with Crippen LogP contribution in [0.4, 0.5) is 0 Å². The van der Waals surface area contributed by atoms with Crippen LogP contribution in [0.5, 0.6) is 0 Å². The standard InChI is InChI=1S/C15H24ClNO/c1-4-9-17-15(10-12(2)11-18-3)13-7-5-6-8-14(13)16/h5-8,12,15,17H,4,9-11H2,1-3H3. The van der Waals surface area contributed by atoms with Gasteiger partial charge in [-0.1, -0.05) is 43.6 Å². The number of hydrogen-bond acceptors (Lipinski definition) is 2. The summed E-state index contributed by atoms with van der Waals surface area (Å²) in [6.07, 6.45) is 2.16. The molecule has 0 aliphatic carbocycles. The Hall–Kier alpha value is -0.570. The number of methoxy groups -OCH3 is 1. The van der Waals surface area contributed by atoms with Crippen LogP contribution in [0.2, 0.25) is 5.02 Å². The molecule has 2 nitrogen and oxygen atoms in total. The van der Waals surface area contributed by atoms with E-state index in [0.717, 1.165) is 31.0 Å². The van der Waals surface area contributed by atoms with Gasteiger partial charge in [0.15, 0.2) is 0 Å². The minimum absolute atomic E-state index is 0.309. The van der Waals surface area contributed by atoms with Gasteiger partial charge in [0.2, 0.25) is 0 Å². The van der Waals surface area contributed by atoms with Crippen molar-refractivity contribution in [1.29, 1.82) is 0 Å². The van der Waals surface area contributed by atoms with Gasteiger partial charge in [-0.15, -0.1) is 0 Å². The van der Waals surface area contributed by atoms with Gasteiger partial charge in [0.25, 0.3) is 0 Å². The third-order valence-electron chi connectivity index (χ3n) is 3.01. The zero-order chi connectivity index (χ0) is 13.4. The van der Waals surface area contributed by atoms with E-state index >= 15 is 0 Å². The Labute approximate surface area is 116 Å². The summed E-state index contributed by atoms with van der Waals surface area (Å²) in [5, 5.41) is 4.42. The van der Waals surface area contributed by atoms with Crippen LogP contribution in [0.25, 0.3) is 0 Å². The third-order valence-corrected chi connectivity index (χ3v) is 3.35. The first kappa shape index (κ1) is 15.5. The molecular formula is C15H24ClNO. The topological polar surface area (TPSA) is 21.3 Å². The molecule has 2 atom stereocenters. The van der Waals surface area contributed by atoms with Crippen LogP contribution >= 0.6 is 11.6 Å². The van der Waals surface area contributed by atoms with E-state index in [1.54, 1.807) is 7.11 Å². The summed E-state index contributed by atoms with van der Waals surface area (Å²) in [4.78, 5) is 0. The first-order valence-corrected chi connectivity index (χ1v) is 7.03. The monoisotopic (exact) mass is 269 g/mol. The van der Waals surface area contributed by atoms with Gasteiger partial charge in [0.1, 0.15) is 0 Å². The summed E-state index contributed by atoms with van der Waals surface area (Å²) < 4.78 is 5.21. The molecule has 1 rings (SSSR count). The van der Waals surface area contributed by atoms with Crippen LogP contribution in [0.3, 0.4) is 0 Å². The van der Waals surface area contributed by atoms with Crippen molar-refractivity contribution in [3.8, 4) is 0 Å². The zero-order valence-electron chi connectivity index (χ0n) is 11.6. The largest absolute Gasteiger partial charge is 0.384 e. The van der Waals surface area contributed by atoms with Gasteiger partial charge >= 0.3 is 0 Å². The fraction of sp³-hybridized carbons (Fsp3) is 0.600. The van der Waals surface area contributed by atoms with Crippen molar-refractivity contribution >= 4 is 11.6 Å². The molecule has 3 heteroatoms. The molecule has 0 bridgehead atoms. The second-order valence-electron chi connectivity index (χ2n) is 4.82. The first-order chi connectivity index (χ1) is 8.69. The minimum atomic E-state index is 0.309. The molecule has 0 aliphatic rings. The maximum Gasteiger partial charge on any atom is 0.0488 e. The average Bonchev–Trinajstić information content (AvgIpc) is 2.35. The van der Waals surface area contributed by atoms with Crippen LogP contribution in [-0.2, 0) is 4.74 Å². The highest BCUT2D eigenvalue weighted by molar-refractivity contribution is 6.31. The third kappa shape index (κ3) is 4.97. The van der Waals surface area contributed by atoms with Crippen molar-refractivity contribution in [1.82, 2.24) is 5.32 Å². The van der Waals surface area contributed by atoms with E-state index in [9.17, 15) is 0 Å². The molecule has 0 aliphatic heterocycles. The Balaban J connectivity index is 2.74. The lowest BCUT2D eigenvalue weighted by Crippen LogP contribution is -2.25. The number of nitrogens with one attached hydrogen (secondary N) is 1.